The van der Waals surface area contributed by atoms with Crippen molar-refractivity contribution in [1.82, 2.24) is 10.2 Å². The predicted octanol–water partition coefficient (Wildman–Crippen LogP) is 0.0682. The molecule has 2 amide bonds. The minimum absolute atomic E-state index is 0.0290. The number of hydrogen-bond acceptors (Lipinski definition) is 4. The molecule has 0 aliphatic carbocycles. The molecule has 1 atom stereocenters. The Morgan fingerprint density at radius 1 is 1.42 bits per heavy atom. The van der Waals surface area contributed by atoms with Crippen LogP contribution in [-0.2, 0) is 14.6 Å². The zero-order valence-corrected chi connectivity index (χ0v) is 12.2. The highest BCUT2D eigenvalue weighted by Gasteiger charge is 2.36. The van der Waals surface area contributed by atoms with Crippen molar-refractivity contribution in [2.24, 2.45) is 0 Å². The highest BCUT2D eigenvalue weighted by atomic mass is 32.2. The van der Waals surface area contributed by atoms with Crippen molar-refractivity contribution in [2.75, 3.05) is 19.3 Å². The van der Waals surface area contributed by atoms with Crippen molar-refractivity contribution in [2.45, 2.75) is 37.5 Å². The molecule has 0 aromatic rings. The van der Waals surface area contributed by atoms with Crippen LogP contribution in [0.4, 0.5) is 4.79 Å². The molecule has 1 unspecified atom stereocenters. The van der Waals surface area contributed by atoms with E-state index in [2.05, 4.69) is 5.32 Å². The molecule has 2 N–H and O–H groups in total. The lowest BCUT2D eigenvalue weighted by atomic mass is 10.1. The van der Waals surface area contributed by atoms with E-state index in [0.717, 1.165) is 4.90 Å². The van der Waals surface area contributed by atoms with Crippen LogP contribution in [0.5, 0.6) is 0 Å². The van der Waals surface area contributed by atoms with Gasteiger partial charge >= 0.3 is 12.0 Å². The van der Waals surface area contributed by atoms with Crippen LogP contribution in [0.2, 0.25) is 0 Å². The van der Waals surface area contributed by atoms with E-state index >= 15 is 0 Å². The average molecular weight is 292 g/mol. The number of carbonyl (C=O) groups is 2. The van der Waals surface area contributed by atoms with E-state index in [1.807, 2.05) is 0 Å². The molecule has 1 rings (SSSR count). The Labute approximate surface area is 112 Å². The van der Waals surface area contributed by atoms with Crippen LogP contribution in [0.3, 0.4) is 0 Å². The lowest BCUT2D eigenvalue weighted by Gasteiger charge is -2.31. The van der Waals surface area contributed by atoms with Crippen molar-refractivity contribution in [3.8, 4) is 0 Å². The number of nitrogens with one attached hydrogen (secondary N) is 1. The summed E-state index contributed by atoms with van der Waals surface area (Å²) < 4.78 is 23.2. The lowest BCUT2D eigenvalue weighted by molar-refractivity contribution is -0.146. The molecule has 0 bridgehead atoms. The van der Waals surface area contributed by atoms with Gasteiger partial charge in [-0.3, -0.25) is 0 Å². The van der Waals surface area contributed by atoms with Crippen LogP contribution in [0.25, 0.3) is 0 Å². The van der Waals surface area contributed by atoms with Gasteiger partial charge in [0.05, 0.1) is 11.0 Å². The Bertz CT molecular complexity index is 471. The molecule has 1 saturated heterocycles. The maximum Gasteiger partial charge on any atom is 0.329 e. The molecular formula is C11H20N2O5S. The quantitative estimate of drug-likeness (QED) is 0.763. The Morgan fingerprint density at radius 2 is 2.00 bits per heavy atom. The number of likely N-dealkylation sites (N-methyl/N-ethyl adjacent to an activating group) is 1. The van der Waals surface area contributed by atoms with E-state index in [4.69, 9.17) is 5.11 Å². The Morgan fingerprint density at radius 3 is 2.42 bits per heavy atom. The van der Waals surface area contributed by atoms with E-state index < -0.39 is 32.6 Å². The third kappa shape index (κ3) is 3.37. The third-order valence-corrected chi connectivity index (χ3v) is 5.89. The second kappa shape index (κ2) is 5.36. The first kappa shape index (κ1) is 15.7. The summed E-state index contributed by atoms with van der Waals surface area (Å²) in [4.78, 5) is 23.9. The summed E-state index contributed by atoms with van der Waals surface area (Å²) in [6, 6.07) is -0.588. The minimum Gasteiger partial charge on any atom is -0.480 e. The van der Waals surface area contributed by atoms with Crippen LogP contribution in [0.15, 0.2) is 0 Å². The average Bonchev–Trinajstić information content (AvgIpc) is 2.64. The molecule has 19 heavy (non-hydrogen) atoms. The molecule has 0 saturated carbocycles. The Balaban J connectivity index is 2.59. The van der Waals surface area contributed by atoms with E-state index in [-0.39, 0.29) is 12.3 Å². The zero-order chi connectivity index (χ0) is 14.8. The number of carboxylic acids is 1. The summed E-state index contributed by atoms with van der Waals surface area (Å²) in [5.74, 6) is -0.970. The van der Waals surface area contributed by atoms with Crippen LogP contribution in [0.1, 0.15) is 26.7 Å². The largest absolute Gasteiger partial charge is 0.480 e. The van der Waals surface area contributed by atoms with E-state index in [9.17, 15) is 18.0 Å². The standard InChI is InChI=1S/C11H20N2O5S/c1-11(2,9(14)15)13(3)10(16)12-7-8-5-4-6-19(8,17)18/h8H,4-7H2,1-3H3,(H,12,16)(H,14,15). The summed E-state index contributed by atoms with van der Waals surface area (Å²) in [7, 11) is -1.74. The summed E-state index contributed by atoms with van der Waals surface area (Å²) in [5.41, 5.74) is -1.35. The molecule has 1 aliphatic heterocycles. The summed E-state index contributed by atoms with van der Waals surface area (Å²) >= 11 is 0. The number of amides is 2. The highest BCUT2D eigenvalue weighted by Crippen LogP contribution is 2.19. The lowest BCUT2D eigenvalue weighted by Crippen LogP contribution is -2.55. The molecule has 7 nitrogen and oxygen atoms in total. The minimum atomic E-state index is -3.11. The number of carboxylic acid groups (broad SMARTS) is 1. The van der Waals surface area contributed by atoms with Crippen molar-refractivity contribution < 1.29 is 23.1 Å². The fourth-order valence-electron chi connectivity index (χ4n) is 1.80. The van der Waals surface area contributed by atoms with Gasteiger partial charge in [-0.1, -0.05) is 0 Å². The van der Waals surface area contributed by atoms with Crippen LogP contribution >= 0.6 is 0 Å². The molecule has 0 radical (unpaired) electrons. The van der Waals surface area contributed by atoms with E-state index in [1.165, 1.54) is 20.9 Å². The van der Waals surface area contributed by atoms with Gasteiger partial charge in [0.25, 0.3) is 0 Å². The van der Waals surface area contributed by atoms with Gasteiger partial charge < -0.3 is 15.3 Å². The maximum absolute atomic E-state index is 11.8. The maximum atomic E-state index is 11.8. The van der Waals surface area contributed by atoms with Crippen LogP contribution in [0, 0.1) is 0 Å². The fraction of sp³-hybridized carbons (Fsp3) is 0.818. The Kier molecular flexibility index (Phi) is 4.44. The van der Waals surface area contributed by atoms with Crippen molar-refractivity contribution >= 4 is 21.8 Å². The smallest absolute Gasteiger partial charge is 0.329 e. The first-order valence-corrected chi connectivity index (χ1v) is 7.77. The van der Waals surface area contributed by atoms with Crippen LogP contribution in [-0.4, -0.2) is 60.6 Å². The topological polar surface area (TPSA) is 104 Å². The number of carbonyl (C=O) groups excluding carboxylic acids is 1. The molecular weight excluding hydrogens is 272 g/mol. The van der Waals surface area contributed by atoms with Gasteiger partial charge in [-0.2, -0.15) is 0 Å². The van der Waals surface area contributed by atoms with Gasteiger partial charge in [0, 0.05) is 13.6 Å². The molecule has 1 heterocycles. The third-order valence-electron chi connectivity index (χ3n) is 3.61. The Hall–Kier alpha value is -1.31. The van der Waals surface area contributed by atoms with Gasteiger partial charge in [-0.25, -0.2) is 18.0 Å². The first-order valence-electron chi connectivity index (χ1n) is 6.05. The molecule has 1 fully saturated rings. The number of hydrogen-bond donors (Lipinski definition) is 2. The summed E-state index contributed by atoms with van der Waals surface area (Å²) in [5, 5.41) is 10.9. The monoisotopic (exact) mass is 292 g/mol. The zero-order valence-electron chi connectivity index (χ0n) is 11.3. The van der Waals surface area contributed by atoms with Crippen molar-refractivity contribution in [3.63, 3.8) is 0 Å². The van der Waals surface area contributed by atoms with Crippen LogP contribution < -0.4 is 5.32 Å². The predicted molar refractivity (Wildman–Crippen MR) is 69.7 cm³/mol. The highest BCUT2D eigenvalue weighted by molar-refractivity contribution is 7.92. The van der Waals surface area contributed by atoms with Gasteiger partial charge in [0.1, 0.15) is 5.54 Å². The molecule has 110 valence electrons. The van der Waals surface area contributed by atoms with Crippen molar-refractivity contribution in [3.05, 3.63) is 0 Å². The van der Waals surface area contributed by atoms with Gasteiger partial charge in [0.2, 0.25) is 0 Å². The second-order valence-corrected chi connectivity index (χ2v) is 7.64. The molecule has 1 aliphatic rings. The molecule has 0 spiro atoms. The first-order chi connectivity index (χ1) is 8.59. The fourth-order valence-corrected chi connectivity index (χ4v) is 3.57. The number of urea groups is 1. The summed E-state index contributed by atoms with van der Waals surface area (Å²) in [6.45, 7) is 2.84. The van der Waals surface area contributed by atoms with Gasteiger partial charge in [-0.15, -0.1) is 0 Å². The molecule has 0 aromatic heterocycles. The molecule has 8 heteroatoms. The summed E-state index contributed by atoms with van der Waals surface area (Å²) in [6.07, 6.45) is 1.15. The number of rotatable bonds is 4. The SMILES string of the molecule is CN(C(=O)NCC1CCCS1(=O)=O)C(C)(C)C(=O)O. The van der Waals surface area contributed by atoms with E-state index in [1.54, 1.807) is 0 Å². The van der Waals surface area contributed by atoms with Gasteiger partial charge in [-0.05, 0) is 26.7 Å². The van der Waals surface area contributed by atoms with E-state index in [0.29, 0.717) is 12.8 Å². The van der Waals surface area contributed by atoms with Crippen molar-refractivity contribution in [1.29, 1.82) is 0 Å². The molecule has 0 aromatic carbocycles. The number of sulfone groups is 1. The van der Waals surface area contributed by atoms with Gasteiger partial charge in [0.15, 0.2) is 9.84 Å². The normalized spacial score (nSPS) is 21.9. The number of nitrogens with zero attached hydrogens (tertiary/aromatic N) is 1. The number of aliphatic carboxylic acids is 1. The second-order valence-electron chi connectivity index (χ2n) is 5.24.